The smallest absolute Gasteiger partial charge is 0.331 e. The van der Waals surface area contributed by atoms with Crippen LogP contribution in [0.3, 0.4) is 0 Å². The Labute approximate surface area is 196 Å². The summed E-state index contributed by atoms with van der Waals surface area (Å²) in [5.74, 6) is -0.805. The van der Waals surface area contributed by atoms with E-state index in [9.17, 15) is 18.0 Å². The number of rotatable bonds is 10. The zero-order valence-electron chi connectivity index (χ0n) is 18.0. The first-order valence-electron chi connectivity index (χ1n) is 10.1. The van der Waals surface area contributed by atoms with Crippen LogP contribution in [0.15, 0.2) is 88.4 Å². The minimum Gasteiger partial charge on any atom is -0.468 e. The van der Waals surface area contributed by atoms with E-state index in [-0.39, 0.29) is 18.0 Å². The van der Waals surface area contributed by atoms with E-state index in [1.165, 1.54) is 41.5 Å². The second-order valence-corrected chi connectivity index (χ2v) is 8.65. The molecule has 174 valence electrons. The van der Waals surface area contributed by atoms with Crippen LogP contribution in [0, 0.1) is 11.3 Å². The molecule has 2 aromatic carbocycles. The number of nitrogens with zero attached hydrogens (tertiary/aromatic N) is 2. The number of anilines is 1. The van der Waals surface area contributed by atoms with Gasteiger partial charge in [0.2, 0.25) is 10.0 Å². The Hall–Kier alpha value is -4.20. The monoisotopic (exact) mass is 479 g/mol. The van der Waals surface area contributed by atoms with E-state index in [0.717, 1.165) is 6.08 Å². The van der Waals surface area contributed by atoms with Crippen LogP contribution >= 0.6 is 0 Å². The van der Waals surface area contributed by atoms with Crippen molar-refractivity contribution in [1.82, 2.24) is 4.72 Å². The number of nitrogens with one attached hydrogen (secondary N) is 1. The predicted octanol–water partition coefficient (Wildman–Crippen LogP) is 2.87. The number of hydrogen-bond donors (Lipinski definition) is 1. The zero-order chi connectivity index (χ0) is 24.4. The van der Waals surface area contributed by atoms with Crippen molar-refractivity contribution in [2.75, 3.05) is 18.1 Å². The Morgan fingerprint density at radius 2 is 1.79 bits per heavy atom. The van der Waals surface area contributed by atoms with Gasteiger partial charge in [-0.05, 0) is 48.0 Å². The molecule has 9 nitrogen and oxygen atoms in total. The van der Waals surface area contributed by atoms with Crippen molar-refractivity contribution in [3.05, 3.63) is 90.4 Å². The molecule has 0 bridgehead atoms. The zero-order valence-corrected chi connectivity index (χ0v) is 18.8. The third kappa shape index (κ3) is 6.90. The van der Waals surface area contributed by atoms with Gasteiger partial charge in [-0.3, -0.25) is 9.69 Å². The highest BCUT2D eigenvalue weighted by atomic mass is 32.2. The Bertz CT molecular complexity index is 1280. The highest BCUT2D eigenvalue weighted by Crippen LogP contribution is 2.14. The number of carbonyl (C=O) groups excluding carboxylic acids is 2. The number of sulfonamides is 1. The number of esters is 1. The van der Waals surface area contributed by atoms with Gasteiger partial charge in [0.15, 0.2) is 6.61 Å². The van der Waals surface area contributed by atoms with Gasteiger partial charge >= 0.3 is 5.97 Å². The summed E-state index contributed by atoms with van der Waals surface area (Å²) in [4.78, 5) is 25.7. The first kappa shape index (κ1) is 24.4. The molecule has 1 heterocycles. The molecule has 1 amide bonds. The van der Waals surface area contributed by atoms with Crippen LogP contribution in [0.4, 0.5) is 5.69 Å². The number of amides is 1. The lowest BCUT2D eigenvalue weighted by atomic mass is 10.2. The second-order valence-electron chi connectivity index (χ2n) is 6.89. The number of benzene rings is 2. The molecule has 0 spiro atoms. The minimum absolute atomic E-state index is 0.0254. The molecule has 3 aromatic rings. The summed E-state index contributed by atoms with van der Waals surface area (Å²) in [6.45, 7) is -0.683. The van der Waals surface area contributed by atoms with Gasteiger partial charge in [-0.15, -0.1) is 0 Å². The molecular formula is C24H21N3O6S. The number of hydrogen-bond acceptors (Lipinski definition) is 7. The van der Waals surface area contributed by atoms with Crippen molar-refractivity contribution < 1.29 is 27.2 Å². The molecule has 0 unspecified atom stereocenters. The third-order valence-electron chi connectivity index (χ3n) is 4.55. The maximum Gasteiger partial charge on any atom is 0.331 e. The highest BCUT2D eigenvalue weighted by Gasteiger charge is 2.17. The van der Waals surface area contributed by atoms with Crippen LogP contribution in [0.1, 0.15) is 11.3 Å². The summed E-state index contributed by atoms with van der Waals surface area (Å²) in [6.07, 6.45) is 4.02. The average Bonchev–Trinajstić information content (AvgIpc) is 3.38. The Balaban J connectivity index is 1.53. The van der Waals surface area contributed by atoms with Crippen LogP contribution in [-0.4, -0.2) is 33.4 Å². The van der Waals surface area contributed by atoms with E-state index in [4.69, 9.17) is 14.4 Å². The van der Waals surface area contributed by atoms with Crippen molar-refractivity contribution in [2.24, 2.45) is 0 Å². The minimum atomic E-state index is -3.73. The van der Waals surface area contributed by atoms with Crippen LogP contribution in [0.5, 0.6) is 0 Å². The maximum absolute atomic E-state index is 12.4. The number of furan rings is 1. The highest BCUT2D eigenvalue weighted by molar-refractivity contribution is 7.89. The number of nitriles is 1. The summed E-state index contributed by atoms with van der Waals surface area (Å²) in [5.41, 5.74) is 1.08. The largest absolute Gasteiger partial charge is 0.468 e. The molecule has 0 aliphatic rings. The number of carbonyl (C=O) groups is 2. The fraction of sp³-hybridized carbons (Fsp3) is 0.125. The van der Waals surface area contributed by atoms with Crippen LogP contribution in [0.2, 0.25) is 0 Å². The van der Waals surface area contributed by atoms with Crippen molar-refractivity contribution in [3.8, 4) is 6.07 Å². The van der Waals surface area contributed by atoms with Gasteiger partial charge in [-0.2, -0.15) is 5.26 Å². The standard InChI is InChI=1S/C24H21N3O6S/c25-14-15-27(20-5-2-1-3-6-20)23(28)18-33-24(29)13-10-19-8-11-22(12-9-19)34(30,31)26-17-21-7-4-16-32-21/h1-13,16,26H,15,17-18H2/b13-10+. The molecule has 1 N–H and O–H groups in total. The van der Waals surface area contributed by atoms with Crippen LogP contribution in [0.25, 0.3) is 6.08 Å². The van der Waals surface area contributed by atoms with Gasteiger partial charge in [0.25, 0.3) is 5.91 Å². The molecule has 0 aliphatic heterocycles. The van der Waals surface area contributed by atoms with Crippen molar-refractivity contribution in [3.63, 3.8) is 0 Å². The number of ether oxygens (including phenoxy) is 1. The van der Waals surface area contributed by atoms with Gasteiger partial charge in [-0.25, -0.2) is 17.9 Å². The first-order chi connectivity index (χ1) is 16.4. The number of para-hydroxylation sites is 1. The normalized spacial score (nSPS) is 11.1. The third-order valence-corrected chi connectivity index (χ3v) is 5.97. The molecule has 0 fully saturated rings. The SMILES string of the molecule is N#CCN(C(=O)COC(=O)/C=C/c1ccc(S(=O)(=O)NCc2ccco2)cc1)c1ccccc1. The van der Waals surface area contributed by atoms with Gasteiger partial charge in [0.05, 0.1) is 23.8 Å². The Kier molecular flexibility index (Phi) is 8.34. The van der Waals surface area contributed by atoms with E-state index < -0.39 is 28.5 Å². The van der Waals surface area contributed by atoms with E-state index in [2.05, 4.69) is 4.72 Å². The lowest BCUT2D eigenvalue weighted by Gasteiger charge is -2.19. The summed E-state index contributed by atoms with van der Waals surface area (Å²) < 4.78 is 37.2. The lowest BCUT2D eigenvalue weighted by molar-refractivity contribution is -0.142. The van der Waals surface area contributed by atoms with Crippen molar-refractivity contribution in [1.29, 1.82) is 5.26 Å². The Morgan fingerprint density at radius 1 is 1.06 bits per heavy atom. The van der Waals surface area contributed by atoms with E-state index in [0.29, 0.717) is 17.0 Å². The van der Waals surface area contributed by atoms with E-state index >= 15 is 0 Å². The summed E-state index contributed by atoms with van der Waals surface area (Å²) in [6, 6.07) is 19.7. The topological polar surface area (TPSA) is 130 Å². The molecule has 10 heteroatoms. The van der Waals surface area contributed by atoms with Crippen LogP contribution < -0.4 is 9.62 Å². The van der Waals surface area contributed by atoms with Gasteiger partial charge < -0.3 is 9.15 Å². The van der Waals surface area contributed by atoms with Crippen molar-refractivity contribution in [2.45, 2.75) is 11.4 Å². The molecule has 0 atom stereocenters. The Morgan fingerprint density at radius 3 is 2.44 bits per heavy atom. The molecule has 34 heavy (non-hydrogen) atoms. The van der Waals surface area contributed by atoms with Gasteiger partial charge in [0.1, 0.15) is 12.3 Å². The molecule has 0 aliphatic carbocycles. The summed E-state index contributed by atoms with van der Waals surface area (Å²) in [5, 5.41) is 8.97. The van der Waals surface area contributed by atoms with Gasteiger partial charge in [0, 0.05) is 11.8 Å². The van der Waals surface area contributed by atoms with Crippen LogP contribution in [-0.2, 0) is 30.9 Å². The predicted molar refractivity (Wildman–Crippen MR) is 124 cm³/mol. The van der Waals surface area contributed by atoms with Gasteiger partial charge in [-0.1, -0.05) is 30.3 Å². The molecule has 0 saturated carbocycles. The summed E-state index contributed by atoms with van der Waals surface area (Å²) in [7, 11) is -3.73. The fourth-order valence-corrected chi connectivity index (χ4v) is 3.84. The van der Waals surface area contributed by atoms with E-state index in [1.807, 2.05) is 6.07 Å². The maximum atomic E-state index is 12.4. The fourth-order valence-electron chi connectivity index (χ4n) is 2.85. The molecule has 3 rings (SSSR count). The quantitative estimate of drug-likeness (QED) is 0.269. The van der Waals surface area contributed by atoms with Crippen molar-refractivity contribution >= 4 is 33.7 Å². The lowest BCUT2D eigenvalue weighted by Crippen LogP contribution is -2.34. The first-order valence-corrected chi connectivity index (χ1v) is 11.6. The molecule has 0 radical (unpaired) electrons. The van der Waals surface area contributed by atoms with E-state index in [1.54, 1.807) is 42.5 Å². The molecular weight excluding hydrogens is 458 g/mol. The molecule has 1 aromatic heterocycles. The average molecular weight is 480 g/mol. The molecule has 0 saturated heterocycles. The second kappa shape index (κ2) is 11.6. The summed E-state index contributed by atoms with van der Waals surface area (Å²) >= 11 is 0.